The van der Waals surface area contributed by atoms with Crippen LogP contribution >= 0.6 is 20.5 Å². The van der Waals surface area contributed by atoms with Gasteiger partial charge in [0, 0.05) is 19.0 Å². The minimum absolute atomic E-state index is 0.0465. The molecule has 3 heterocycles. The SMILES string of the molecule is Nc1ccn(C2OC(COP(=O)(O)O[C@@]3(C(=O)O)C[C@@H](O)C(NC(=O)CNC(=O)CCCS)C(C(O)[C@H](O)CO)O3)C(O)C2O)c(=O)n1. The first kappa shape index (κ1) is 39.7. The molecule has 2 fully saturated rings. The molecule has 0 spiro atoms. The highest BCUT2D eigenvalue weighted by molar-refractivity contribution is 7.80. The van der Waals surface area contributed by atoms with Crippen LogP contribution in [0.1, 0.15) is 25.5 Å². The number of aliphatic hydroxyl groups is 6. The number of hydrogen-bond donors (Lipinski definition) is 12. The highest BCUT2D eigenvalue weighted by Crippen LogP contribution is 2.51. The average molecular weight is 732 g/mol. The quantitative estimate of drug-likeness (QED) is 0.0557. The smallest absolute Gasteiger partial charge is 0.475 e. The summed E-state index contributed by atoms with van der Waals surface area (Å²) in [6.07, 6.45) is -14.8. The van der Waals surface area contributed by atoms with E-state index in [0.29, 0.717) is 12.2 Å². The Balaban J connectivity index is 1.76. The molecule has 3 rings (SSSR count). The van der Waals surface area contributed by atoms with E-state index in [1.54, 1.807) is 0 Å². The number of amides is 2. The molecule has 2 aliphatic heterocycles. The highest BCUT2D eigenvalue weighted by Gasteiger charge is 2.59. The van der Waals surface area contributed by atoms with E-state index < -0.39 is 118 Å². The molecule has 2 saturated heterocycles. The van der Waals surface area contributed by atoms with Gasteiger partial charge in [0.05, 0.1) is 31.9 Å². The van der Waals surface area contributed by atoms with Crippen LogP contribution in [-0.2, 0) is 37.5 Å². The third-order valence-corrected chi connectivity index (χ3v) is 8.60. The van der Waals surface area contributed by atoms with E-state index in [9.17, 15) is 64.4 Å². The number of aliphatic carboxylic acids is 1. The third kappa shape index (κ3) is 9.68. The summed E-state index contributed by atoms with van der Waals surface area (Å²) in [5, 5.41) is 76.2. The topological polar surface area (TPSA) is 352 Å². The maximum absolute atomic E-state index is 13.0. The minimum Gasteiger partial charge on any atom is -0.477 e. The van der Waals surface area contributed by atoms with Crippen molar-refractivity contribution >= 4 is 44.1 Å². The number of phosphoric acid groups is 1. The van der Waals surface area contributed by atoms with Gasteiger partial charge in [0.15, 0.2) is 6.23 Å². The third-order valence-electron chi connectivity index (χ3n) is 7.28. The molecule has 8 unspecified atom stereocenters. The number of thiol groups is 1. The van der Waals surface area contributed by atoms with Gasteiger partial charge in [-0.25, -0.2) is 18.7 Å². The molecular formula is C24H38N5O17PS. The molecule has 12 N–H and O–H groups in total. The Morgan fingerprint density at radius 1 is 1.23 bits per heavy atom. The monoisotopic (exact) mass is 731 g/mol. The second kappa shape index (κ2) is 16.8. The lowest BCUT2D eigenvalue weighted by molar-refractivity contribution is -0.289. The van der Waals surface area contributed by atoms with Crippen LogP contribution in [0.2, 0.25) is 0 Å². The molecule has 22 nitrogen and oxygen atoms in total. The number of carboxylic acid groups (broad SMARTS) is 1. The van der Waals surface area contributed by atoms with E-state index in [1.165, 1.54) is 6.07 Å². The Morgan fingerprint density at radius 2 is 1.92 bits per heavy atom. The maximum Gasteiger partial charge on any atom is 0.475 e. The molecule has 0 radical (unpaired) electrons. The zero-order valence-corrected chi connectivity index (χ0v) is 26.7. The van der Waals surface area contributed by atoms with Gasteiger partial charge in [-0.15, -0.1) is 0 Å². The fourth-order valence-electron chi connectivity index (χ4n) is 4.83. The van der Waals surface area contributed by atoms with E-state index in [4.69, 9.17) is 24.3 Å². The van der Waals surface area contributed by atoms with Crippen molar-refractivity contribution in [3.05, 3.63) is 22.7 Å². The molecule has 0 aliphatic carbocycles. The number of nitrogens with two attached hydrogens (primary N) is 1. The molecule has 2 amide bonds. The summed E-state index contributed by atoms with van der Waals surface area (Å²) in [7, 11) is -5.60. The Morgan fingerprint density at radius 3 is 2.52 bits per heavy atom. The Kier molecular flexibility index (Phi) is 13.8. The van der Waals surface area contributed by atoms with Gasteiger partial charge in [-0.05, 0) is 18.2 Å². The van der Waals surface area contributed by atoms with Gasteiger partial charge >= 0.3 is 19.5 Å². The molecule has 0 bridgehead atoms. The first-order valence-electron chi connectivity index (χ1n) is 14.2. The largest absolute Gasteiger partial charge is 0.477 e. The van der Waals surface area contributed by atoms with Crippen molar-refractivity contribution in [3.63, 3.8) is 0 Å². The zero-order valence-electron chi connectivity index (χ0n) is 24.9. The number of nitrogen functional groups attached to an aromatic ring is 1. The summed E-state index contributed by atoms with van der Waals surface area (Å²) in [6.45, 7) is -2.80. The predicted octanol–water partition coefficient (Wildman–Crippen LogP) is -5.47. The number of carbonyl (C=O) groups excluding carboxylic acids is 2. The van der Waals surface area contributed by atoms with E-state index in [1.807, 2.05) is 0 Å². The molecule has 48 heavy (non-hydrogen) atoms. The van der Waals surface area contributed by atoms with Crippen molar-refractivity contribution in [2.45, 2.75) is 80.0 Å². The second-order valence-electron chi connectivity index (χ2n) is 10.8. The normalized spacial score (nSPS) is 31.4. The van der Waals surface area contributed by atoms with Gasteiger partial charge in [-0.2, -0.15) is 17.6 Å². The number of nitrogens with one attached hydrogen (secondary N) is 2. The Labute approximate surface area is 276 Å². The van der Waals surface area contributed by atoms with Crippen LogP contribution in [-0.4, -0.2) is 148 Å². The van der Waals surface area contributed by atoms with Crippen molar-refractivity contribution in [3.8, 4) is 0 Å². The minimum atomic E-state index is -5.60. The maximum atomic E-state index is 13.0. The zero-order chi connectivity index (χ0) is 36.0. The highest BCUT2D eigenvalue weighted by atomic mass is 32.1. The van der Waals surface area contributed by atoms with E-state index in [2.05, 4.69) is 28.2 Å². The summed E-state index contributed by atoms with van der Waals surface area (Å²) >= 11 is 3.97. The van der Waals surface area contributed by atoms with Crippen molar-refractivity contribution < 1.29 is 78.1 Å². The lowest BCUT2D eigenvalue weighted by atomic mass is 9.88. The number of nitrogens with zero attached hydrogens (tertiary/aromatic N) is 2. The molecule has 11 atom stereocenters. The van der Waals surface area contributed by atoms with Crippen LogP contribution in [0.15, 0.2) is 17.1 Å². The van der Waals surface area contributed by atoms with E-state index >= 15 is 0 Å². The number of rotatable bonds is 16. The molecule has 2 aliphatic rings. The summed E-state index contributed by atoms with van der Waals surface area (Å²) in [4.78, 5) is 62.8. The number of anilines is 1. The van der Waals surface area contributed by atoms with Crippen molar-refractivity contribution in [1.82, 2.24) is 20.2 Å². The lowest BCUT2D eigenvalue weighted by Gasteiger charge is -2.46. The number of carbonyl (C=O) groups is 3. The van der Waals surface area contributed by atoms with Crippen LogP contribution in [0.5, 0.6) is 0 Å². The van der Waals surface area contributed by atoms with Gasteiger partial charge in [-0.1, -0.05) is 0 Å². The average Bonchev–Trinajstić information content (AvgIpc) is 3.30. The second-order valence-corrected chi connectivity index (χ2v) is 12.6. The summed E-state index contributed by atoms with van der Waals surface area (Å²) in [5.74, 6) is -6.65. The predicted molar refractivity (Wildman–Crippen MR) is 159 cm³/mol. The molecular weight excluding hydrogens is 693 g/mol. The lowest BCUT2D eigenvalue weighted by Crippen LogP contribution is -2.68. The molecule has 1 aromatic rings. The first-order valence-corrected chi connectivity index (χ1v) is 16.4. The Bertz CT molecular complexity index is 1410. The number of phosphoric ester groups is 1. The Hall–Kier alpha value is -2.77. The van der Waals surface area contributed by atoms with E-state index in [0.717, 1.165) is 10.8 Å². The number of aromatic nitrogens is 2. The fourth-order valence-corrected chi connectivity index (χ4v) is 5.94. The number of hydrogen-bond acceptors (Lipinski definition) is 18. The fraction of sp³-hybridized carbons (Fsp3) is 0.708. The van der Waals surface area contributed by atoms with Crippen molar-refractivity contribution in [2.75, 3.05) is 31.2 Å². The van der Waals surface area contributed by atoms with Crippen LogP contribution in [0.4, 0.5) is 5.82 Å². The van der Waals surface area contributed by atoms with Crippen LogP contribution in [0.25, 0.3) is 0 Å². The molecule has 24 heteroatoms. The number of aliphatic hydroxyl groups excluding tert-OH is 6. The first-order chi connectivity index (χ1) is 22.4. The molecule has 272 valence electrons. The number of carboxylic acids is 1. The van der Waals surface area contributed by atoms with Crippen molar-refractivity contribution in [2.24, 2.45) is 0 Å². The van der Waals surface area contributed by atoms with Crippen LogP contribution < -0.4 is 22.1 Å². The summed E-state index contributed by atoms with van der Waals surface area (Å²) < 4.78 is 34.1. The van der Waals surface area contributed by atoms with Gasteiger partial charge in [0.2, 0.25) is 11.8 Å². The molecule has 0 saturated carbocycles. The van der Waals surface area contributed by atoms with Gasteiger partial charge in [-0.3, -0.25) is 18.7 Å². The summed E-state index contributed by atoms with van der Waals surface area (Å²) in [6, 6.07) is -0.540. The summed E-state index contributed by atoms with van der Waals surface area (Å²) in [5.41, 5.74) is 4.46. The van der Waals surface area contributed by atoms with Crippen molar-refractivity contribution in [1.29, 1.82) is 0 Å². The van der Waals surface area contributed by atoms with Crippen LogP contribution in [0, 0.1) is 0 Å². The number of ether oxygens (including phenoxy) is 2. The molecule has 1 aromatic heterocycles. The standard InChI is InChI=1S/C24H38N5O17PS/c25-13-3-4-29(23(40)27-13)21-19(37)18(36)12(44-21)9-43-47(41,42)46-24(22(38)39)6-10(31)16(20(45-24)17(35)11(32)8-30)28-15(34)7-26-14(33)2-1-5-48/h3-4,10-12,16-21,30-32,35-37,48H,1-2,5-9H2,(H,26,33)(H,28,34)(H,38,39)(H,41,42)(H2,25,27,40)/t10-,11-,12?,16?,17?,18?,19?,20?,21?,24-/m1/s1. The van der Waals surface area contributed by atoms with Crippen LogP contribution in [0.3, 0.4) is 0 Å². The van der Waals surface area contributed by atoms with Gasteiger partial charge < -0.3 is 66.5 Å². The van der Waals surface area contributed by atoms with Gasteiger partial charge in [0.25, 0.3) is 5.79 Å². The van der Waals surface area contributed by atoms with E-state index in [-0.39, 0.29) is 12.2 Å². The van der Waals surface area contributed by atoms with Gasteiger partial charge in [0.1, 0.15) is 42.4 Å². The molecule has 0 aromatic carbocycles.